The Morgan fingerprint density at radius 1 is 1.32 bits per heavy atom. The minimum atomic E-state index is -0.538. The number of carbonyl (C=O) groups excluding carboxylic acids is 2. The summed E-state index contributed by atoms with van der Waals surface area (Å²) in [6.07, 6.45) is 1.53. The van der Waals surface area contributed by atoms with Crippen LogP contribution in [0.15, 0.2) is 53.2 Å². The maximum absolute atomic E-state index is 12.9. The van der Waals surface area contributed by atoms with E-state index >= 15 is 0 Å². The molecule has 0 aromatic heterocycles. The van der Waals surface area contributed by atoms with E-state index < -0.39 is 12.0 Å². The second kappa shape index (κ2) is 7.59. The lowest BCUT2D eigenvalue weighted by Crippen LogP contribution is -2.40. The molecule has 1 aromatic rings. The number of hydrogen-bond donors (Lipinski definition) is 0. The third kappa shape index (κ3) is 3.65. The number of ether oxygens (including phenoxy) is 1. The van der Waals surface area contributed by atoms with Crippen LogP contribution in [0.1, 0.15) is 51.8 Å². The van der Waals surface area contributed by atoms with Crippen molar-refractivity contribution in [1.82, 2.24) is 4.90 Å². The Morgan fingerprint density at radius 2 is 1.96 bits per heavy atom. The third-order valence-electron chi connectivity index (χ3n) is 4.90. The zero-order valence-electron chi connectivity index (χ0n) is 17.0. The van der Waals surface area contributed by atoms with Crippen molar-refractivity contribution in [2.24, 2.45) is 4.99 Å². The molecule has 0 saturated carbocycles. The number of allylic oxidation sites excluding steroid dienone is 1. The average Bonchev–Trinajstić information content (AvgIpc) is 2.91. The number of thioether (sulfide) groups is 1. The summed E-state index contributed by atoms with van der Waals surface area (Å²) in [5.41, 5.74) is 3.06. The molecule has 2 heterocycles. The first kappa shape index (κ1) is 20.4. The van der Waals surface area contributed by atoms with E-state index in [0.29, 0.717) is 16.4 Å². The van der Waals surface area contributed by atoms with Gasteiger partial charge in [0.15, 0.2) is 5.17 Å². The summed E-state index contributed by atoms with van der Waals surface area (Å²) >= 11 is 1.42. The monoisotopic (exact) mass is 398 g/mol. The van der Waals surface area contributed by atoms with E-state index in [-0.39, 0.29) is 23.2 Å². The molecular formula is C22H26N2O3S. The fourth-order valence-corrected chi connectivity index (χ4v) is 4.39. The molecule has 0 aliphatic carbocycles. The Balaban J connectivity index is 2.09. The highest BCUT2D eigenvalue weighted by Crippen LogP contribution is 2.43. The average molecular weight is 399 g/mol. The van der Waals surface area contributed by atoms with Crippen LogP contribution in [0.3, 0.4) is 0 Å². The summed E-state index contributed by atoms with van der Waals surface area (Å²) < 4.78 is 5.31. The quantitative estimate of drug-likeness (QED) is 0.558. The van der Waals surface area contributed by atoms with Crippen LogP contribution in [0.4, 0.5) is 0 Å². The lowest BCUT2D eigenvalue weighted by Gasteiger charge is -2.33. The molecule has 148 valence electrons. The fraction of sp³-hybridized carbons (Fsp3) is 0.409. The lowest BCUT2D eigenvalue weighted by molar-refractivity contribution is -0.139. The van der Waals surface area contributed by atoms with Crippen molar-refractivity contribution in [2.45, 2.75) is 51.3 Å². The molecule has 0 N–H and O–H groups in total. The van der Waals surface area contributed by atoms with E-state index in [9.17, 15) is 9.59 Å². The van der Waals surface area contributed by atoms with Crippen LogP contribution in [0.25, 0.3) is 0 Å². The molecule has 0 radical (unpaired) electrons. The molecule has 5 nitrogen and oxygen atoms in total. The van der Waals surface area contributed by atoms with Crippen LogP contribution in [0.2, 0.25) is 0 Å². The van der Waals surface area contributed by atoms with Gasteiger partial charge in [0.2, 0.25) is 5.91 Å². The van der Waals surface area contributed by atoms with Crippen molar-refractivity contribution < 1.29 is 14.3 Å². The van der Waals surface area contributed by atoms with Gasteiger partial charge in [-0.1, -0.05) is 69.5 Å². The van der Waals surface area contributed by atoms with Crippen LogP contribution in [0, 0.1) is 0 Å². The van der Waals surface area contributed by atoms with E-state index in [1.165, 1.54) is 23.4 Å². The number of carbonyl (C=O) groups is 2. The van der Waals surface area contributed by atoms with Gasteiger partial charge in [-0.3, -0.25) is 9.69 Å². The maximum atomic E-state index is 12.9. The number of benzene rings is 1. The summed E-state index contributed by atoms with van der Waals surface area (Å²) in [7, 11) is 0. The van der Waals surface area contributed by atoms with E-state index in [0.717, 1.165) is 5.56 Å². The van der Waals surface area contributed by atoms with Crippen molar-refractivity contribution in [3.05, 3.63) is 59.3 Å². The molecule has 2 atom stereocenters. The van der Waals surface area contributed by atoms with Crippen LogP contribution < -0.4 is 0 Å². The first-order chi connectivity index (χ1) is 13.1. The first-order valence-corrected chi connectivity index (χ1v) is 10.2. The highest BCUT2D eigenvalue weighted by atomic mass is 32.2. The largest absolute Gasteiger partial charge is 0.458 e. The molecule has 0 spiro atoms. The molecule has 2 aliphatic heterocycles. The Morgan fingerprint density at radius 3 is 2.54 bits per heavy atom. The normalized spacial score (nSPS) is 22.1. The van der Waals surface area contributed by atoms with Crippen molar-refractivity contribution in [3.63, 3.8) is 0 Å². The topological polar surface area (TPSA) is 59.0 Å². The van der Waals surface area contributed by atoms with E-state index in [4.69, 9.17) is 4.74 Å². The van der Waals surface area contributed by atoms with Gasteiger partial charge in [-0.05, 0) is 30.4 Å². The van der Waals surface area contributed by atoms with Crippen molar-refractivity contribution in [3.8, 4) is 0 Å². The fourth-order valence-electron chi connectivity index (χ4n) is 3.36. The van der Waals surface area contributed by atoms with Crippen LogP contribution in [-0.2, 0) is 19.7 Å². The smallest absolute Gasteiger partial charge is 0.338 e. The van der Waals surface area contributed by atoms with Crippen molar-refractivity contribution >= 4 is 28.8 Å². The second-order valence-electron chi connectivity index (χ2n) is 8.02. The molecule has 1 amide bonds. The molecule has 1 saturated heterocycles. The number of amidine groups is 1. The third-order valence-corrected chi connectivity index (χ3v) is 5.96. The van der Waals surface area contributed by atoms with Gasteiger partial charge in [-0.2, -0.15) is 0 Å². The molecule has 1 aromatic carbocycles. The number of amides is 1. The summed E-state index contributed by atoms with van der Waals surface area (Å²) in [6, 6.07) is 7.55. The predicted molar refractivity (Wildman–Crippen MR) is 113 cm³/mol. The summed E-state index contributed by atoms with van der Waals surface area (Å²) in [5, 5.41) is 0.409. The summed E-state index contributed by atoms with van der Waals surface area (Å²) in [4.78, 5) is 31.8. The molecule has 28 heavy (non-hydrogen) atoms. The number of fused-ring (bicyclic) bond motifs is 1. The number of aliphatic imine (C=N–C) groups is 1. The molecule has 3 rings (SSSR count). The number of rotatable bonds is 4. The number of nitrogens with zero attached hydrogens (tertiary/aromatic N) is 2. The maximum Gasteiger partial charge on any atom is 0.338 e. The Kier molecular flexibility index (Phi) is 5.53. The Labute approximate surface area is 170 Å². The zero-order chi connectivity index (χ0) is 20.6. The predicted octanol–water partition coefficient (Wildman–Crippen LogP) is 4.36. The van der Waals surface area contributed by atoms with Gasteiger partial charge >= 0.3 is 5.97 Å². The van der Waals surface area contributed by atoms with Crippen LogP contribution >= 0.6 is 11.8 Å². The second-order valence-corrected chi connectivity index (χ2v) is 9.33. The number of hydrogen-bond acceptors (Lipinski definition) is 5. The molecule has 2 unspecified atom stereocenters. The van der Waals surface area contributed by atoms with Gasteiger partial charge in [0.1, 0.15) is 6.61 Å². The summed E-state index contributed by atoms with van der Waals surface area (Å²) in [6.45, 7) is 13.8. The molecule has 6 heteroatoms. The lowest BCUT2D eigenvalue weighted by atomic mass is 9.85. The van der Waals surface area contributed by atoms with Crippen LogP contribution in [-0.4, -0.2) is 33.8 Å². The van der Waals surface area contributed by atoms with Crippen molar-refractivity contribution in [1.29, 1.82) is 0 Å². The summed E-state index contributed by atoms with van der Waals surface area (Å²) in [5.74, 6) is -0.516. The van der Waals surface area contributed by atoms with Gasteiger partial charge in [0.25, 0.3) is 0 Å². The number of esters is 1. The van der Waals surface area contributed by atoms with E-state index in [2.05, 4.69) is 44.5 Å². The van der Waals surface area contributed by atoms with E-state index in [1.807, 2.05) is 19.1 Å². The van der Waals surface area contributed by atoms with Gasteiger partial charge in [0, 0.05) is 0 Å². The Bertz CT molecular complexity index is 878. The minimum absolute atomic E-state index is 0.0169. The van der Waals surface area contributed by atoms with Gasteiger partial charge in [-0.15, -0.1) is 0 Å². The van der Waals surface area contributed by atoms with Gasteiger partial charge < -0.3 is 4.74 Å². The minimum Gasteiger partial charge on any atom is -0.458 e. The Hall–Kier alpha value is -2.34. The zero-order valence-corrected chi connectivity index (χ0v) is 17.8. The van der Waals surface area contributed by atoms with E-state index in [1.54, 1.807) is 11.8 Å². The molecular weight excluding hydrogens is 372 g/mol. The van der Waals surface area contributed by atoms with Gasteiger partial charge in [0.05, 0.1) is 22.6 Å². The van der Waals surface area contributed by atoms with Crippen molar-refractivity contribution in [2.75, 3.05) is 6.61 Å². The standard InChI is InChI=1S/C22H26N2O3S/c1-7-12-27-20(26)17-13(2)23-21-24(19(25)14(3)28-21)18(17)15-8-10-16(11-9-15)22(4,5)6/h7-11,14,18H,1,12H2,2-6H3. The first-order valence-electron chi connectivity index (χ1n) is 9.32. The molecule has 1 fully saturated rings. The molecule has 0 bridgehead atoms. The van der Waals surface area contributed by atoms with Crippen LogP contribution in [0.5, 0.6) is 0 Å². The SMILES string of the molecule is C=CCOC(=O)C1=C(C)N=C2SC(C)C(=O)N2C1c1ccc(C(C)(C)C)cc1. The highest BCUT2D eigenvalue weighted by molar-refractivity contribution is 8.15. The molecule has 2 aliphatic rings. The van der Waals surface area contributed by atoms with Gasteiger partial charge in [-0.25, -0.2) is 9.79 Å². The highest BCUT2D eigenvalue weighted by Gasteiger charge is 2.46.